The van der Waals surface area contributed by atoms with Crippen molar-refractivity contribution in [1.29, 1.82) is 0 Å². The van der Waals surface area contributed by atoms with Crippen molar-refractivity contribution in [1.82, 2.24) is 0 Å². The van der Waals surface area contributed by atoms with Gasteiger partial charge in [0, 0.05) is 11.3 Å². The van der Waals surface area contributed by atoms with Gasteiger partial charge in [0.15, 0.2) is 0 Å². The van der Waals surface area contributed by atoms with Gasteiger partial charge in [-0.3, -0.25) is 0 Å². The second-order valence-corrected chi connectivity index (χ2v) is 4.77. The van der Waals surface area contributed by atoms with Crippen LogP contribution in [0.25, 0.3) is 10.8 Å². The van der Waals surface area contributed by atoms with Gasteiger partial charge in [-0.25, -0.2) is 0 Å². The first-order valence-electron chi connectivity index (χ1n) is 6.16. The van der Waals surface area contributed by atoms with E-state index in [1.165, 1.54) is 0 Å². The van der Waals surface area contributed by atoms with Crippen LogP contribution < -0.4 is 4.74 Å². The Labute approximate surface area is 117 Å². The molecule has 2 aromatic rings. The van der Waals surface area contributed by atoms with Crippen molar-refractivity contribution >= 4 is 22.4 Å². The van der Waals surface area contributed by atoms with Crippen LogP contribution in [0.1, 0.15) is 18.1 Å². The molecule has 0 saturated carbocycles. The van der Waals surface area contributed by atoms with Crippen molar-refractivity contribution in [2.24, 2.45) is 0 Å². The van der Waals surface area contributed by atoms with E-state index in [0.717, 1.165) is 16.5 Å². The van der Waals surface area contributed by atoms with Crippen molar-refractivity contribution in [3.05, 3.63) is 42.0 Å². The van der Waals surface area contributed by atoms with E-state index in [4.69, 9.17) is 16.3 Å². The van der Waals surface area contributed by atoms with Crippen LogP contribution in [0.15, 0.2) is 36.4 Å². The summed E-state index contributed by atoms with van der Waals surface area (Å²) in [5.74, 6) is 1.06. The van der Waals surface area contributed by atoms with Gasteiger partial charge in [-0.2, -0.15) is 0 Å². The van der Waals surface area contributed by atoms with Gasteiger partial charge in [-0.1, -0.05) is 30.3 Å². The summed E-state index contributed by atoms with van der Waals surface area (Å²) in [5, 5.41) is 21.9. The maximum Gasteiger partial charge on any atom is 0.126 e. The fourth-order valence-electron chi connectivity index (χ4n) is 2.21. The second-order valence-electron chi connectivity index (χ2n) is 4.39. The molecule has 2 aromatic carbocycles. The third kappa shape index (κ3) is 2.84. The molecule has 2 rings (SSSR count). The Kier molecular flexibility index (Phi) is 4.64. The van der Waals surface area contributed by atoms with Crippen LogP contribution in [0.4, 0.5) is 0 Å². The van der Waals surface area contributed by atoms with Crippen molar-refractivity contribution in [2.45, 2.75) is 18.6 Å². The number of halogens is 1. The molecule has 0 aliphatic rings. The molecule has 0 fully saturated rings. The molecule has 2 N–H and O–H groups in total. The molecule has 19 heavy (non-hydrogen) atoms. The van der Waals surface area contributed by atoms with E-state index >= 15 is 0 Å². The fourth-order valence-corrected chi connectivity index (χ4v) is 2.43. The molecule has 0 radical (unpaired) electrons. The van der Waals surface area contributed by atoms with Gasteiger partial charge in [0.25, 0.3) is 0 Å². The van der Waals surface area contributed by atoms with Crippen LogP contribution in [0.2, 0.25) is 0 Å². The monoisotopic (exact) mass is 280 g/mol. The zero-order valence-corrected chi connectivity index (χ0v) is 11.5. The highest BCUT2D eigenvalue weighted by atomic mass is 35.5. The number of fused-ring (bicyclic) bond motifs is 1. The normalized spacial score (nSPS) is 14.3. The van der Waals surface area contributed by atoms with E-state index in [2.05, 4.69) is 0 Å². The molecular weight excluding hydrogens is 264 g/mol. The van der Waals surface area contributed by atoms with Crippen LogP contribution >= 0.6 is 11.6 Å². The van der Waals surface area contributed by atoms with Crippen LogP contribution in [0.3, 0.4) is 0 Å². The lowest BCUT2D eigenvalue weighted by Gasteiger charge is -2.19. The Bertz CT molecular complexity index is 556. The number of hydrogen-bond donors (Lipinski definition) is 2. The molecular formula is C15H17ClO3. The van der Waals surface area contributed by atoms with Crippen molar-refractivity contribution in [2.75, 3.05) is 13.0 Å². The molecule has 0 heterocycles. The Morgan fingerprint density at radius 2 is 1.79 bits per heavy atom. The van der Waals surface area contributed by atoms with Crippen molar-refractivity contribution in [3.63, 3.8) is 0 Å². The smallest absolute Gasteiger partial charge is 0.126 e. The van der Waals surface area contributed by atoms with Crippen LogP contribution in [-0.4, -0.2) is 29.3 Å². The molecule has 0 amide bonds. The first kappa shape index (κ1) is 14.1. The lowest BCUT2D eigenvalue weighted by molar-refractivity contribution is 0.0178. The molecule has 2 unspecified atom stereocenters. The third-order valence-corrected chi connectivity index (χ3v) is 3.44. The molecule has 0 spiro atoms. The first-order valence-corrected chi connectivity index (χ1v) is 6.70. The maximum absolute atomic E-state index is 10.2. The van der Waals surface area contributed by atoms with E-state index < -0.39 is 12.2 Å². The molecule has 0 aliphatic heterocycles. The summed E-state index contributed by atoms with van der Waals surface area (Å²) in [5.41, 5.74) is 0.689. The Balaban J connectivity index is 2.50. The van der Waals surface area contributed by atoms with Gasteiger partial charge < -0.3 is 14.9 Å². The zero-order chi connectivity index (χ0) is 13.8. The largest absolute Gasteiger partial charge is 0.496 e. The topological polar surface area (TPSA) is 49.7 Å². The standard InChI is InChI=1S/C15H17ClO3/c1-19-14-7-6-12(15(18)13(17)8-9-16)10-4-2-3-5-11(10)14/h2-7,13,15,17-18H,8-9H2,1H3. The molecule has 0 bridgehead atoms. The predicted molar refractivity (Wildman–Crippen MR) is 76.8 cm³/mol. The van der Waals surface area contributed by atoms with Gasteiger partial charge >= 0.3 is 0 Å². The average molecular weight is 281 g/mol. The summed E-state index contributed by atoms with van der Waals surface area (Å²) in [7, 11) is 1.61. The van der Waals surface area contributed by atoms with E-state index in [9.17, 15) is 10.2 Å². The minimum absolute atomic E-state index is 0.312. The number of methoxy groups -OCH3 is 1. The van der Waals surface area contributed by atoms with Gasteiger partial charge in [0.1, 0.15) is 11.9 Å². The molecule has 0 aliphatic carbocycles. The fraction of sp³-hybridized carbons (Fsp3) is 0.333. The van der Waals surface area contributed by atoms with E-state index in [1.807, 2.05) is 24.3 Å². The molecule has 102 valence electrons. The summed E-state index contributed by atoms with van der Waals surface area (Å²) in [6.45, 7) is 0. The van der Waals surface area contributed by atoms with Gasteiger partial charge in [-0.05, 0) is 23.4 Å². The lowest BCUT2D eigenvalue weighted by atomic mass is 9.96. The number of alkyl halides is 1. The van der Waals surface area contributed by atoms with Gasteiger partial charge in [-0.15, -0.1) is 11.6 Å². The second kappa shape index (κ2) is 6.24. The Hall–Kier alpha value is -1.29. The zero-order valence-electron chi connectivity index (χ0n) is 10.7. The highest BCUT2D eigenvalue weighted by molar-refractivity contribution is 6.17. The average Bonchev–Trinajstić information content (AvgIpc) is 2.45. The Morgan fingerprint density at radius 1 is 1.11 bits per heavy atom. The number of rotatable bonds is 5. The summed E-state index contributed by atoms with van der Waals surface area (Å²) in [6.07, 6.45) is -1.47. The molecule has 3 nitrogen and oxygen atoms in total. The first-order chi connectivity index (χ1) is 9.19. The molecule has 4 heteroatoms. The van der Waals surface area contributed by atoms with Crippen molar-refractivity contribution in [3.8, 4) is 5.75 Å². The number of aliphatic hydroxyl groups excluding tert-OH is 2. The third-order valence-electron chi connectivity index (χ3n) is 3.23. The van der Waals surface area contributed by atoms with Crippen LogP contribution in [0.5, 0.6) is 5.75 Å². The summed E-state index contributed by atoms with van der Waals surface area (Å²) >= 11 is 5.60. The molecule has 2 atom stereocenters. The predicted octanol–water partition coefficient (Wildman–Crippen LogP) is 2.87. The van der Waals surface area contributed by atoms with Crippen molar-refractivity contribution < 1.29 is 14.9 Å². The molecule has 0 saturated heterocycles. The number of hydrogen-bond acceptors (Lipinski definition) is 3. The van der Waals surface area contributed by atoms with Gasteiger partial charge in [0.05, 0.1) is 13.2 Å². The van der Waals surface area contributed by atoms with E-state index in [-0.39, 0.29) is 0 Å². The lowest BCUT2D eigenvalue weighted by Crippen LogP contribution is -2.19. The number of ether oxygens (including phenoxy) is 1. The van der Waals surface area contributed by atoms with Crippen LogP contribution in [-0.2, 0) is 0 Å². The minimum Gasteiger partial charge on any atom is -0.496 e. The Morgan fingerprint density at radius 3 is 2.42 bits per heavy atom. The summed E-state index contributed by atoms with van der Waals surface area (Å²) in [6, 6.07) is 11.2. The highest BCUT2D eigenvalue weighted by Crippen LogP contribution is 2.33. The summed E-state index contributed by atoms with van der Waals surface area (Å²) < 4.78 is 5.30. The van der Waals surface area contributed by atoms with E-state index in [0.29, 0.717) is 17.9 Å². The number of benzene rings is 2. The minimum atomic E-state index is -0.949. The van der Waals surface area contributed by atoms with Crippen LogP contribution in [0, 0.1) is 0 Å². The van der Waals surface area contributed by atoms with E-state index in [1.54, 1.807) is 19.2 Å². The maximum atomic E-state index is 10.2. The number of aliphatic hydroxyl groups is 2. The van der Waals surface area contributed by atoms with Gasteiger partial charge in [0.2, 0.25) is 0 Å². The quantitative estimate of drug-likeness (QED) is 0.828. The summed E-state index contributed by atoms with van der Waals surface area (Å²) in [4.78, 5) is 0. The SMILES string of the molecule is COc1ccc(C(O)C(O)CCCl)c2ccccc12. The molecule has 0 aromatic heterocycles. The highest BCUT2D eigenvalue weighted by Gasteiger charge is 2.20.